The molecule has 9 nitrogen and oxygen atoms in total. The minimum Gasteiger partial charge on any atom is -0.390 e. The highest BCUT2D eigenvalue weighted by Gasteiger charge is 2.32. The van der Waals surface area contributed by atoms with E-state index in [2.05, 4.69) is 10.3 Å². The third kappa shape index (κ3) is 7.71. The average Bonchev–Trinajstić information content (AvgIpc) is 2.78. The fraction of sp³-hybridized carbons (Fsp3) is 0.435. The van der Waals surface area contributed by atoms with Crippen molar-refractivity contribution in [2.75, 3.05) is 13.1 Å². The Morgan fingerprint density at radius 2 is 1.82 bits per heavy atom. The number of aliphatic hydroxyl groups is 2. The SMILES string of the molecule is CC(=O)CN(C[C@@H](O)[C@H](Cc1ccccc1)NC(=O)c1ccnc(CO)c1)S(=O)(=O)C(C)C. The van der Waals surface area contributed by atoms with E-state index >= 15 is 0 Å². The number of ketones is 1. The van der Waals surface area contributed by atoms with E-state index in [1.807, 2.05) is 30.3 Å². The van der Waals surface area contributed by atoms with Gasteiger partial charge >= 0.3 is 0 Å². The summed E-state index contributed by atoms with van der Waals surface area (Å²) in [5.41, 5.74) is 1.39. The van der Waals surface area contributed by atoms with E-state index in [-0.39, 0.29) is 37.5 Å². The van der Waals surface area contributed by atoms with Gasteiger partial charge in [0.2, 0.25) is 10.0 Å². The fourth-order valence-corrected chi connectivity index (χ4v) is 4.57. The Bertz CT molecular complexity index is 1040. The number of hydrogen-bond acceptors (Lipinski definition) is 7. The van der Waals surface area contributed by atoms with Gasteiger partial charge < -0.3 is 15.5 Å². The molecule has 0 saturated carbocycles. The van der Waals surface area contributed by atoms with Gasteiger partial charge in [0.1, 0.15) is 5.78 Å². The van der Waals surface area contributed by atoms with Crippen molar-refractivity contribution in [1.82, 2.24) is 14.6 Å². The summed E-state index contributed by atoms with van der Waals surface area (Å²) < 4.78 is 26.4. The second kappa shape index (κ2) is 12.0. The summed E-state index contributed by atoms with van der Waals surface area (Å²) in [7, 11) is -3.82. The van der Waals surface area contributed by atoms with Gasteiger partial charge in [-0.2, -0.15) is 4.31 Å². The molecule has 10 heteroatoms. The molecule has 1 aromatic heterocycles. The number of aromatic nitrogens is 1. The molecule has 0 radical (unpaired) electrons. The lowest BCUT2D eigenvalue weighted by Gasteiger charge is -2.30. The zero-order valence-electron chi connectivity index (χ0n) is 19.0. The maximum atomic E-state index is 12.9. The van der Waals surface area contributed by atoms with Crippen LogP contribution >= 0.6 is 0 Å². The summed E-state index contributed by atoms with van der Waals surface area (Å²) in [4.78, 5) is 28.5. The number of nitrogens with one attached hydrogen (secondary N) is 1. The maximum absolute atomic E-state index is 12.9. The number of aliphatic hydroxyl groups excluding tert-OH is 2. The topological polar surface area (TPSA) is 137 Å². The van der Waals surface area contributed by atoms with Crippen LogP contribution in [0.15, 0.2) is 48.7 Å². The second-order valence-corrected chi connectivity index (χ2v) is 10.6. The van der Waals surface area contributed by atoms with E-state index in [1.165, 1.54) is 39.1 Å². The molecule has 1 aromatic carbocycles. The predicted octanol–water partition coefficient (Wildman–Crippen LogP) is 0.905. The predicted molar refractivity (Wildman–Crippen MR) is 124 cm³/mol. The summed E-state index contributed by atoms with van der Waals surface area (Å²) in [5, 5.41) is 22.3. The van der Waals surface area contributed by atoms with Crippen molar-refractivity contribution in [2.24, 2.45) is 0 Å². The number of rotatable bonds is 12. The summed E-state index contributed by atoms with van der Waals surface area (Å²) in [6.07, 6.45) is 0.343. The van der Waals surface area contributed by atoms with Crippen LogP contribution in [0.4, 0.5) is 0 Å². The van der Waals surface area contributed by atoms with Crippen molar-refractivity contribution in [3.05, 3.63) is 65.5 Å². The standard InChI is InChI=1S/C23H31N3O6S/c1-16(2)33(31,32)26(13-17(3)28)14-22(29)21(11-18-7-5-4-6-8-18)25-23(30)19-9-10-24-20(12-19)15-27/h4-10,12,16,21-22,27,29H,11,13-15H2,1-3H3,(H,25,30)/t21-,22+/m0/s1. The van der Waals surface area contributed by atoms with Crippen molar-refractivity contribution in [3.63, 3.8) is 0 Å². The molecule has 0 aliphatic heterocycles. The third-order valence-corrected chi connectivity index (χ3v) is 7.25. The lowest BCUT2D eigenvalue weighted by molar-refractivity contribution is -0.117. The number of pyridine rings is 1. The fourth-order valence-electron chi connectivity index (χ4n) is 3.25. The van der Waals surface area contributed by atoms with Crippen LogP contribution in [-0.2, 0) is 27.8 Å². The minimum absolute atomic E-state index is 0.237. The molecule has 2 aromatic rings. The number of sulfonamides is 1. The van der Waals surface area contributed by atoms with Gasteiger partial charge in [0.25, 0.3) is 5.91 Å². The zero-order chi connectivity index (χ0) is 24.6. The largest absolute Gasteiger partial charge is 0.390 e. The molecule has 3 N–H and O–H groups in total. The van der Waals surface area contributed by atoms with Gasteiger partial charge in [-0.05, 0) is 44.9 Å². The Labute approximate surface area is 194 Å². The van der Waals surface area contributed by atoms with E-state index in [4.69, 9.17) is 0 Å². The Hall–Kier alpha value is -2.66. The first-order valence-electron chi connectivity index (χ1n) is 10.6. The van der Waals surface area contributed by atoms with E-state index in [1.54, 1.807) is 0 Å². The van der Waals surface area contributed by atoms with Crippen molar-refractivity contribution >= 4 is 21.7 Å². The minimum atomic E-state index is -3.82. The van der Waals surface area contributed by atoms with Crippen LogP contribution in [0, 0.1) is 0 Å². The number of nitrogens with zero attached hydrogens (tertiary/aromatic N) is 2. The molecule has 2 rings (SSSR count). The Kier molecular flexibility index (Phi) is 9.66. The van der Waals surface area contributed by atoms with Crippen molar-refractivity contribution in [3.8, 4) is 0 Å². The Morgan fingerprint density at radius 3 is 2.39 bits per heavy atom. The molecule has 0 aliphatic rings. The molecule has 0 bridgehead atoms. The zero-order valence-corrected chi connectivity index (χ0v) is 19.8. The summed E-state index contributed by atoms with van der Waals surface area (Å²) in [6, 6.07) is 11.2. The first kappa shape index (κ1) is 26.6. The molecule has 2 atom stereocenters. The molecule has 0 aliphatic carbocycles. The van der Waals surface area contributed by atoms with Crippen LogP contribution in [0.25, 0.3) is 0 Å². The van der Waals surface area contributed by atoms with Gasteiger partial charge in [-0.25, -0.2) is 8.42 Å². The van der Waals surface area contributed by atoms with Crippen LogP contribution < -0.4 is 5.32 Å². The maximum Gasteiger partial charge on any atom is 0.251 e. The number of carbonyl (C=O) groups is 2. The highest BCUT2D eigenvalue weighted by atomic mass is 32.2. The molecule has 180 valence electrons. The molecule has 0 spiro atoms. The highest BCUT2D eigenvalue weighted by molar-refractivity contribution is 7.89. The molecule has 33 heavy (non-hydrogen) atoms. The van der Waals surface area contributed by atoms with Crippen LogP contribution in [-0.4, -0.2) is 70.1 Å². The summed E-state index contributed by atoms with van der Waals surface area (Å²) in [6.45, 7) is 3.23. The Morgan fingerprint density at radius 1 is 1.15 bits per heavy atom. The van der Waals surface area contributed by atoms with Gasteiger partial charge in [-0.3, -0.25) is 14.6 Å². The van der Waals surface area contributed by atoms with Gasteiger partial charge in [-0.15, -0.1) is 0 Å². The third-order valence-electron chi connectivity index (χ3n) is 5.07. The first-order valence-corrected chi connectivity index (χ1v) is 12.1. The molecular weight excluding hydrogens is 446 g/mol. The molecule has 1 amide bonds. The number of amides is 1. The first-order chi connectivity index (χ1) is 15.5. The van der Waals surface area contributed by atoms with Crippen LogP contribution in [0.5, 0.6) is 0 Å². The van der Waals surface area contributed by atoms with Gasteiger partial charge in [0, 0.05) is 18.3 Å². The van der Waals surface area contributed by atoms with Gasteiger partial charge in [0.05, 0.1) is 36.2 Å². The van der Waals surface area contributed by atoms with Crippen molar-refractivity contribution < 1.29 is 28.2 Å². The molecule has 1 heterocycles. The average molecular weight is 478 g/mol. The van der Waals surface area contributed by atoms with Crippen LogP contribution in [0.1, 0.15) is 42.4 Å². The number of benzene rings is 1. The Balaban J connectivity index is 2.30. The molecule has 0 fully saturated rings. The normalized spacial score (nSPS) is 13.7. The quantitative estimate of drug-likeness (QED) is 0.413. The monoisotopic (exact) mass is 477 g/mol. The van der Waals surface area contributed by atoms with E-state index in [0.29, 0.717) is 5.69 Å². The molecule has 0 unspecified atom stereocenters. The lowest BCUT2D eigenvalue weighted by Crippen LogP contribution is -2.52. The smallest absolute Gasteiger partial charge is 0.251 e. The number of hydrogen-bond donors (Lipinski definition) is 3. The number of carbonyl (C=O) groups excluding carboxylic acids is 2. The summed E-state index contributed by atoms with van der Waals surface area (Å²) in [5.74, 6) is -0.861. The second-order valence-electron chi connectivity index (χ2n) is 8.12. The van der Waals surface area contributed by atoms with Crippen LogP contribution in [0.3, 0.4) is 0 Å². The summed E-state index contributed by atoms with van der Waals surface area (Å²) >= 11 is 0. The van der Waals surface area contributed by atoms with E-state index in [9.17, 15) is 28.2 Å². The van der Waals surface area contributed by atoms with Crippen molar-refractivity contribution in [2.45, 2.75) is 51.2 Å². The van der Waals surface area contributed by atoms with Gasteiger partial charge in [0.15, 0.2) is 0 Å². The van der Waals surface area contributed by atoms with Crippen molar-refractivity contribution in [1.29, 1.82) is 0 Å². The molecule has 0 saturated heterocycles. The van der Waals surface area contributed by atoms with E-state index < -0.39 is 33.3 Å². The van der Waals surface area contributed by atoms with Gasteiger partial charge in [-0.1, -0.05) is 30.3 Å². The highest BCUT2D eigenvalue weighted by Crippen LogP contribution is 2.14. The number of Topliss-reactive ketones (excluding diaryl/α,β-unsaturated/α-hetero) is 1. The lowest BCUT2D eigenvalue weighted by atomic mass is 10.0. The van der Waals surface area contributed by atoms with E-state index in [0.717, 1.165) is 9.87 Å². The van der Waals surface area contributed by atoms with Crippen LogP contribution in [0.2, 0.25) is 0 Å². The molecular formula is C23H31N3O6S.